The van der Waals surface area contributed by atoms with Crippen molar-refractivity contribution in [3.63, 3.8) is 0 Å². The van der Waals surface area contributed by atoms with E-state index in [1.165, 1.54) is 24.3 Å². The topological polar surface area (TPSA) is 62.2 Å². The lowest BCUT2D eigenvalue weighted by Crippen LogP contribution is -2.02. The van der Waals surface area contributed by atoms with Crippen molar-refractivity contribution < 1.29 is 14.3 Å². The Hall–Kier alpha value is -1.85. The van der Waals surface area contributed by atoms with Gasteiger partial charge in [0.1, 0.15) is 11.0 Å². The molecule has 0 bridgehead atoms. The summed E-state index contributed by atoms with van der Waals surface area (Å²) < 4.78 is 13.7. The average Bonchev–Trinajstić information content (AvgIpc) is 2.34. The van der Waals surface area contributed by atoms with Gasteiger partial charge in [-0.25, -0.2) is 14.2 Å². The fraction of sp³-hybridized carbons (Fsp3) is 0. The molecule has 0 unspecified atom stereocenters. The number of aromatic carboxylic acids is 1. The van der Waals surface area contributed by atoms with Gasteiger partial charge < -0.3 is 10.4 Å². The molecule has 0 aliphatic heterocycles. The fourth-order valence-corrected chi connectivity index (χ4v) is 1.81. The number of nitrogens with zero attached hydrogens (tertiary/aromatic N) is 1. The van der Waals surface area contributed by atoms with Gasteiger partial charge in [-0.3, -0.25) is 0 Å². The van der Waals surface area contributed by atoms with E-state index in [9.17, 15) is 9.18 Å². The van der Waals surface area contributed by atoms with Crippen LogP contribution < -0.4 is 5.32 Å². The molecular formula is C12H7Cl2FN2O2. The van der Waals surface area contributed by atoms with Gasteiger partial charge in [-0.2, -0.15) is 0 Å². The van der Waals surface area contributed by atoms with E-state index in [2.05, 4.69) is 10.3 Å². The zero-order valence-corrected chi connectivity index (χ0v) is 10.8. The van der Waals surface area contributed by atoms with Crippen LogP contribution >= 0.6 is 23.2 Å². The lowest BCUT2D eigenvalue weighted by molar-refractivity contribution is 0.0697. The van der Waals surface area contributed by atoms with Crippen molar-refractivity contribution in [1.82, 2.24) is 4.98 Å². The molecule has 0 fully saturated rings. The number of carboxylic acids is 1. The molecule has 7 heteroatoms. The lowest BCUT2D eigenvalue weighted by Gasteiger charge is -2.08. The van der Waals surface area contributed by atoms with Gasteiger partial charge in [-0.05, 0) is 24.3 Å². The SMILES string of the molecule is O=C(O)c1cc(Cl)nc(Nc2cccc(Cl)c2F)c1. The molecule has 0 radical (unpaired) electrons. The summed E-state index contributed by atoms with van der Waals surface area (Å²) in [5, 5.41) is 11.5. The quantitative estimate of drug-likeness (QED) is 0.842. The van der Waals surface area contributed by atoms with Crippen molar-refractivity contribution in [2.24, 2.45) is 0 Å². The highest BCUT2D eigenvalue weighted by Crippen LogP contribution is 2.25. The first-order valence-electron chi connectivity index (χ1n) is 5.09. The first-order valence-corrected chi connectivity index (χ1v) is 5.85. The molecule has 2 aromatic rings. The molecule has 0 atom stereocenters. The molecule has 2 rings (SSSR count). The van der Waals surface area contributed by atoms with Crippen LogP contribution in [0.1, 0.15) is 10.4 Å². The van der Waals surface area contributed by atoms with Gasteiger partial charge in [0.2, 0.25) is 0 Å². The minimum atomic E-state index is -1.15. The Bertz CT molecular complexity index is 650. The molecule has 4 nitrogen and oxygen atoms in total. The monoisotopic (exact) mass is 300 g/mol. The highest BCUT2D eigenvalue weighted by atomic mass is 35.5. The second kappa shape index (κ2) is 5.42. The number of carbonyl (C=O) groups is 1. The zero-order chi connectivity index (χ0) is 14.0. The highest BCUT2D eigenvalue weighted by molar-refractivity contribution is 6.31. The zero-order valence-electron chi connectivity index (χ0n) is 9.32. The summed E-state index contributed by atoms with van der Waals surface area (Å²) in [6.45, 7) is 0. The first-order chi connectivity index (χ1) is 8.97. The minimum Gasteiger partial charge on any atom is -0.478 e. The molecule has 1 heterocycles. The minimum absolute atomic E-state index is 0.00941. The fourth-order valence-electron chi connectivity index (χ4n) is 1.42. The summed E-state index contributed by atoms with van der Waals surface area (Å²) in [7, 11) is 0. The van der Waals surface area contributed by atoms with Gasteiger partial charge in [0.25, 0.3) is 0 Å². The average molecular weight is 301 g/mol. The Labute approximate surface area is 117 Å². The molecule has 0 saturated heterocycles. The second-order valence-corrected chi connectivity index (χ2v) is 4.39. The maximum atomic E-state index is 13.7. The summed E-state index contributed by atoms with van der Waals surface area (Å²) in [5.41, 5.74) is 0.0311. The van der Waals surface area contributed by atoms with Crippen molar-refractivity contribution in [3.05, 3.63) is 51.9 Å². The number of halogens is 3. The van der Waals surface area contributed by atoms with Gasteiger partial charge in [0.15, 0.2) is 5.82 Å². The van der Waals surface area contributed by atoms with Gasteiger partial charge >= 0.3 is 5.97 Å². The summed E-state index contributed by atoms with van der Waals surface area (Å²) in [5.74, 6) is -1.69. The molecule has 0 spiro atoms. The van der Waals surface area contributed by atoms with E-state index in [1.54, 1.807) is 6.07 Å². The third-order valence-corrected chi connectivity index (χ3v) is 2.74. The molecule has 0 saturated carbocycles. The summed E-state index contributed by atoms with van der Waals surface area (Å²) >= 11 is 11.3. The number of aromatic nitrogens is 1. The van der Waals surface area contributed by atoms with E-state index < -0.39 is 11.8 Å². The summed E-state index contributed by atoms with van der Waals surface area (Å²) in [6.07, 6.45) is 0. The molecular weight excluding hydrogens is 294 g/mol. The van der Waals surface area contributed by atoms with Crippen LogP contribution in [-0.2, 0) is 0 Å². The van der Waals surface area contributed by atoms with Crippen LogP contribution in [0.2, 0.25) is 10.2 Å². The van der Waals surface area contributed by atoms with Crippen LogP contribution in [0.15, 0.2) is 30.3 Å². The highest BCUT2D eigenvalue weighted by Gasteiger charge is 2.10. The number of rotatable bonds is 3. The first kappa shape index (κ1) is 13.6. The maximum Gasteiger partial charge on any atom is 0.335 e. The lowest BCUT2D eigenvalue weighted by atomic mass is 10.2. The van der Waals surface area contributed by atoms with Gasteiger partial charge in [-0.15, -0.1) is 0 Å². The molecule has 0 amide bonds. The largest absolute Gasteiger partial charge is 0.478 e. The Balaban J connectivity index is 2.38. The Morgan fingerprint density at radius 3 is 2.74 bits per heavy atom. The number of pyridine rings is 1. The number of carboxylic acid groups (broad SMARTS) is 1. The normalized spacial score (nSPS) is 10.3. The Morgan fingerprint density at radius 2 is 2.05 bits per heavy atom. The number of hydrogen-bond acceptors (Lipinski definition) is 3. The second-order valence-electron chi connectivity index (χ2n) is 3.60. The standard InChI is InChI=1S/C12H7Cl2FN2O2/c13-7-2-1-3-8(11(7)15)16-10-5-6(12(18)19)4-9(14)17-10/h1-5H,(H,16,17)(H,18,19). The summed E-state index contributed by atoms with van der Waals surface area (Å²) in [6, 6.07) is 6.84. The molecule has 2 N–H and O–H groups in total. The van der Waals surface area contributed by atoms with Crippen LogP contribution in [0, 0.1) is 5.82 Å². The molecule has 1 aromatic heterocycles. The van der Waals surface area contributed by atoms with Crippen molar-refractivity contribution in [3.8, 4) is 0 Å². The van der Waals surface area contributed by atoms with Gasteiger partial charge in [0, 0.05) is 0 Å². The molecule has 1 aromatic carbocycles. The third-order valence-electron chi connectivity index (χ3n) is 2.26. The molecule has 19 heavy (non-hydrogen) atoms. The number of hydrogen-bond donors (Lipinski definition) is 2. The van der Waals surface area contributed by atoms with Crippen LogP contribution in [0.4, 0.5) is 15.9 Å². The van der Waals surface area contributed by atoms with Crippen LogP contribution in [0.25, 0.3) is 0 Å². The van der Waals surface area contributed by atoms with E-state index in [-0.39, 0.29) is 27.2 Å². The number of benzene rings is 1. The van der Waals surface area contributed by atoms with Crippen molar-refractivity contribution in [1.29, 1.82) is 0 Å². The Kier molecular flexibility index (Phi) is 3.87. The van der Waals surface area contributed by atoms with Crippen molar-refractivity contribution in [2.75, 3.05) is 5.32 Å². The maximum absolute atomic E-state index is 13.7. The van der Waals surface area contributed by atoms with E-state index in [0.29, 0.717) is 0 Å². The van der Waals surface area contributed by atoms with Crippen molar-refractivity contribution in [2.45, 2.75) is 0 Å². The number of nitrogens with one attached hydrogen (secondary N) is 1. The smallest absolute Gasteiger partial charge is 0.335 e. The van der Waals surface area contributed by atoms with Gasteiger partial charge in [-0.1, -0.05) is 29.3 Å². The summed E-state index contributed by atoms with van der Waals surface area (Å²) in [4.78, 5) is 14.7. The Morgan fingerprint density at radius 1 is 1.32 bits per heavy atom. The van der Waals surface area contributed by atoms with E-state index in [0.717, 1.165) is 0 Å². The van der Waals surface area contributed by atoms with Crippen LogP contribution in [0.3, 0.4) is 0 Å². The van der Waals surface area contributed by atoms with Gasteiger partial charge in [0.05, 0.1) is 16.3 Å². The third kappa shape index (κ3) is 3.13. The predicted molar refractivity (Wildman–Crippen MR) is 70.9 cm³/mol. The van der Waals surface area contributed by atoms with Crippen LogP contribution in [-0.4, -0.2) is 16.1 Å². The van der Waals surface area contributed by atoms with E-state index in [1.807, 2.05) is 0 Å². The van der Waals surface area contributed by atoms with E-state index in [4.69, 9.17) is 28.3 Å². The van der Waals surface area contributed by atoms with Crippen molar-refractivity contribution >= 4 is 40.7 Å². The molecule has 0 aliphatic carbocycles. The molecule has 98 valence electrons. The number of anilines is 2. The predicted octanol–water partition coefficient (Wildman–Crippen LogP) is 3.97. The van der Waals surface area contributed by atoms with E-state index >= 15 is 0 Å². The molecule has 0 aliphatic rings. The van der Waals surface area contributed by atoms with Crippen LogP contribution in [0.5, 0.6) is 0 Å².